The number of imidazole rings is 2. The second kappa shape index (κ2) is 31.3. The third kappa shape index (κ3) is 12.6. The molecule has 2 unspecified atom stereocenters. The van der Waals surface area contributed by atoms with Gasteiger partial charge in [-0.05, 0) is 184 Å². The van der Waals surface area contributed by atoms with E-state index in [4.69, 9.17) is 29.4 Å². The lowest BCUT2D eigenvalue weighted by atomic mass is 9.77. The highest BCUT2D eigenvalue weighted by atomic mass is 16.5. The number of ether oxygens (including phenoxy) is 2. The first-order valence-corrected chi connectivity index (χ1v) is 44.3. The predicted molar refractivity (Wildman–Crippen MR) is 524 cm³/mol. The van der Waals surface area contributed by atoms with E-state index in [0.29, 0.717) is 45.2 Å². The van der Waals surface area contributed by atoms with Crippen molar-refractivity contribution in [2.75, 3.05) is 19.6 Å². The maximum absolute atomic E-state index is 16.0. The average molecular weight is 1780 g/mol. The van der Waals surface area contributed by atoms with E-state index < -0.39 is 76.4 Å². The van der Waals surface area contributed by atoms with Crippen LogP contribution in [-0.4, -0.2) is 89.7 Å². The summed E-state index contributed by atoms with van der Waals surface area (Å²) in [5.74, 6) is -8.75. The van der Waals surface area contributed by atoms with E-state index in [0.717, 1.165) is 110 Å². The molecule has 2 aromatic heterocycles. The Bertz CT molecular complexity index is 8230. The van der Waals surface area contributed by atoms with Gasteiger partial charge in [0.15, 0.2) is 11.5 Å². The fourth-order valence-electron chi connectivity index (χ4n) is 20.4. The lowest BCUT2D eigenvalue weighted by Crippen LogP contribution is -2.44. The highest BCUT2D eigenvalue weighted by molar-refractivity contribution is 6.44. The van der Waals surface area contributed by atoms with Crippen molar-refractivity contribution in [1.82, 2.24) is 19.1 Å². The number of imide groups is 4. The summed E-state index contributed by atoms with van der Waals surface area (Å²) < 4.78 is 15.8. The van der Waals surface area contributed by atoms with Gasteiger partial charge in [0.1, 0.15) is 11.6 Å². The van der Waals surface area contributed by atoms with E-state index in [1.54, 1.807) is 38.1 Å². The maximum Gasteiger partial charge on any atom is 0.335 e. The van der Waals surface area contributed by atoms with Crippen molar-refractivity contribution in [2.24, 2.45) is 9.98 Å². The average Bonchev–Trinajstić information content (AvgIpc) is 1.38. The first-order chi connectivity index (χ1) is 66.8. The van der Waals surface area contributed by atoms with Crippen LogP contribution in [0.15, 0.2) is 375 Å². The number of esters is 2. The number of carbonyl (C=O) groups excluding carboxylic acids is 10. The highest BCUT2D eigenvalue weighted by Gasteiger charge is 2.47. The van der Waals surface area contributed by atoms with Crippen molar-refractivity contribution in [3.05, 3.63) is 454 Å². The molecule has 18 aromatic rings. The molecular weight excluding hydrogens is 1710 g/mol. The van der Waals surface area contributed by atoms with Gasteiger partial charge in [-0.15, -0.1) is 0 Å². The van der Waals surface area contributed by atoms with Crippen LogP contribution in [0, 0.1) is 0 Å². The number of nitrogens with zero attached hydrogens (tertiary/aromatic N) is 10. The van der Waals surface area contributed by atoms with Crippen LogP contribution in [0.4, 0.5) is 34.1 Å². The Morgan fingerprint density at radius 3 is 0.964 bits per heavy atom. The van der Waals surface area contributed by atoms with Crippen LogP contribution in [-0.2, 0) is 15.0 Å². The Kier molecular flexibility index (Phi) is 18.6. The molecule has 0 radical (unpaired) electrons. The quantitative estimate of drug-likeness (QED) is 0.0335. The predicted octanol–water partition coefficient (Wildman–Crippen LogP) is 22.2. The molecule has 2 atom stereocenters. The zero-order chi connectivity index (χ0) is 93.2. The normalized spacial score (nSPS) is 15.2. The fourth-order valence-corrected chi connectivity index (χ4v) is 20.4. The number of aliphatic imine (C=N–C) groups is 2. The molecule has 16 aromatic carbocycles. The molecule has 8 amide bonds. The summed E-state index contributed by atoms with van der Waals surface area (Å²) in [6.07, 6.45) is 1.83. The van der Waals surface area contributed by atoms with Gasteiger partial charge in [0.2, 0.25) is 0 Å². The number of para-hydroxylation sites is 6. The number of hydrogen-bond acceptors (Lipinski definition) is 16. The van der Waals surface area contributed by atoms with E-state index in [1.165, 1.54) is 72.8 Å². The molecule has 0 spiro atoms. The Morgan fingerprint density at radius 2 is 0.613 bits per heavy atom. The molecule has 0 saturated heterocycles. The molecule has 6 aliphatic heterocycles. The number of aromatic nitrogens is 4. The number of amides is 8. The van der Waals surface area contributed by atoms with Crippen LogP contribution in [0.5, 0.6) is 11.5 Å². The van der Waals surface area contributed by atoms with Crippen molar-refractivity contribution < 1.29 is 57.4 Å². The molecule has 6 aliphatic rings. The lowest BCUT2D eigenvalue weighted by molar-refractivity contribution is -0.129. The summed E-state index contributed by atoms with van der Waals surface area (Å²) in [5, 5.41) is 0.230. The maximum atomic E-state index is 16.0. The van der Waals surface area contributed by atoms with Crippen LogP contribution in [0.3, 0.4) is 0 Å². The minimum atomic E-state index is -1.31. The molecule has 22 heteroatoms. The Labute approximate surface area is 780 Å². The van der Waals surface area contributed by atoms with Crippen LogP contribution in [0.2, 0.25) is 0 Å². The standard InChI is InChI=1S/C115H70N10O12/c1-5-95(126)136-93-53-43-69(58-91(93)124-111(132)81-49-45-77-99-78(46-50-82(101(81)99)112(124)133)108(129)122(107(77)128)71-56-67(97-75-35-19-21-37-85(75)116-103(97)63-27-11-7-12-28-63)55-68(57-71)98-76-36-20-22-38-86(76)117-104(98)64-29-13-8-14-30-64)115(3,4)70-44-54-94(137-96(127)6-2)92(59-70)125-113(134)83-51-47-79-100-80(48-52-84(102(83)100)114(125)135)110(131)123(109(79)130)74-61-72(120-89-41-25-23-39-87(89)118-105(120)65-31-15-9-16-32-65)60-73(62-74)121-90-42-26-24-40-88(90)119-106(121)66-33-17-10-18-34-66/h5-62,97-98H,1-2H2,3-4H3. The number of benzene rings is 16. The molecule has 22 nitrogen and oxygen atoms in total. The molecule has 0 bridgehead atoms. The molecule has 0 N–H and O–H groups in total. The first-order valence-electron chi connectivity index (χ1n) is 44.3. The van der Waals surface area contributed by atoms with E-state index in [2.05, 4.69) is 19.2 Å². The van der Waals surface area contributed by atoms with Gasteiger partial charge in [0, 0.05) is 94.7 Å². The molecule has 24 rings (SSSR count). The summed E-state index contributed by atoms with van der Waals surface area (Å²) in [7, 11) is 0. The zero-order valence-electron chi connectivity index (χ0n) is 72.9. The largest absolute Gasteiger partial charge is 0.421 e. The Hall–Kier alpha value is -18.7. The summed E-state index contributed by atoms with van der Waals surface area (Å²) >= 11 is 0. The monoisotopic (exact) mass is 1780 g/mol. The van der Waals surface area contributed by atoms with Crippen molar-refractivity contribution in [1.29, 1.82) is 0 Å². The van der Waals surface area contributed by atoms with Crippen molar-refractivity contribution in [3.63, 3.8) is 0 Å². The second-order valence-corrected chi connectivity index (χ2v) is 34.7. The smallest absolute Gasteiger partial charge is 0.335 e. The molecule has 137 heavy (non-hydrogen) atoms. The van der Waals surface area contributed by atoms with Gasteiger partial charge in [0.25, 0.3) is 47.3 Å². The minimum absolute atomic E-state index is 0.0119. The number of anilines is 4. The SMILES string of the molecule is C=CC(=O)Oc1ccc(C(C)(C)c2ccc(OC(=O)C=C)c(N3C(=O)c4ccc5c6c(ccc(c46)C3=O)C(=O)N(c3cc(-n4c(-c6ccccc6)nc6ccccc64)cc(-n4c(-c6ccccc6)nc6ccccc64)c3)C5=O)c2)cc1N1C(=O)c2ccc3c4c(ccc(c24)C1=O)C(=O)N(c1cc(C2C(c4ccccc4)=Nc4ccccc42)cc(C2C(c4ccccc4)=Nc4ccccc42)c1)C3=O. The van der Waals surface area contributed by atoms with Crippen molar-refractivity contribution >= 4 is 148 Å². The van der Waals surface area contributed by atoms with Crippen molar-refractivity contribution in [3.8, 4) is 45.6 Å². The highest BCUT2D eigenvalue weighted by Crippen LogP contribution is 2.52. The number of carbonyl (C=O) groups is 10. The van der Waals surface area contributed by atoms with E-state index in [9.17, 15) is 9.59 Å². The zero-order valence-corrected chi connectivity index (χ0v) is 72.9. The van der Waals surface area contributed by atoms with Gasteiger partial charge in [0.05, 0.1) is 90.8 Å². The summed E-state index contributed by atoms with van der Waals surface area (Å²) in [6.45, 7) is 10.8. The van der Waals surface area contributed by atoms with Gasteiger partial charge in [-0.3, -0.25) is 57.5 Å². The summed E-state index contributed by atoms with van der Waals surface area (Å²) in [5.41, 5.74) is 12.9. The number of rotatable bonds is 18. The number of hydrogen-bond donors (Lipinski definition) is 0. The lowest BCUT2D eigenvalue weighted by Gasteiger charge is -2.34. The molecule has 0 saturated carbocycles. The minimum Gasteiger partial charge on any atom is -0.421 e. The van der Waals surface area contributed by atoms with Gasteiger partial charge in [-0.1, -0.05) is 227 Å². The van der Waals surface area contributed by atoms with E-state index >= 15 is 38.4 Å². The molecule has 0 aliphatic carbocycles. The van der Waals surface area contributed by atoms with Crippen LogP contribution in [0.25, 0.3) is 77.8 Å². The third-order valence-electron chi connectivity index (χ3n) is 26.8. The Morgan fingerprint density at radius 1 is 0.314 bits per heavy atom. The second-order valence-electron chi connectivity index (χ2n) is 34.7. The summed E-state index contributed by atoms with van der Waals surface area (Å²) in [6, 6.07) is 102. The molecule has 0 fully saturated rings. The fraction of sp³-hybridized carbons (Fsp3) is 0.0435. The van der Waals surface area contributed by atoms with E-state index in [-0.39, 0.29) is 100 Å². The summed E-state index contributed by atoms with van der Waals surface area (Å²) in [4.78, 5) is 179. The third-order valence-corrected chi connectivity index (χ3v) is 26.8. The first kappa shape index (κ1) is 81.5. The van der Waals surface area contributed by atoms with Gasteiger partial charge in [-0.25, -0.2) is 39.2 Å². The van der Waals surface area contributed by atoms with E-state index in [1.807, 2.05) is 246 Å². The van der Waals surface area contributed by atoms with Crippen molar-refractivity contribution in [2.45, 2.75) is 31.1 Å². The molecule has 8 heterocycles. The van der Waals surface area contributed by atoms with Gasteiger partial charge < -0.3 is 9.47 Å². The van der Waals surface area contributed by atoms with Crippen LogP contribution >= 0.6 is 0 Å². The Balaban J connectivity index is 0.577. The topological polar surface area (TPSA) is 262 Å². The molecular formula is C115H70N10O12. The number of fused-ring (bicyclic) bond motifs is 4. The molecule has 652 valence electrons. The van der Waals surface area contributed by atoms with Crippen LogP contribution in [0.1, 0.15) is 153 Å². The van der Waals surface area contributed by atoms with Crippen LogP contribution < -0.4 is 29.1 Å². The van der Waals surface area contributed by atoms with Gasteiger partial charge >= 0.3 is 11.9 Å². The van der Waals surface area contributed by atoms with Gasteiger partial charge in [-0.2, -0.15) is 0 Å².